The Bertz CT molecular complexity index is 1170. The lowest BCUT2D eigenvalue weighted by molar-refractivity contribution is 0.0978. The lowest BCUT2D eigenvalue weighted by atomic mass is 10.0. The summed E-state index contributed by atoms with van der Waals surface area (Å²) in [5.41, 5.74) is 5.40. The van der Waals surface area contributed by atoms with Gasteiger partial charge in [-0.3, -0.25) is 4.79 Å². The van der Waals surface area contributed by atoms with Crippen molar-refractivity contribution >= 4 is 27.9 Å². The summed E-state index contributed by atoms with van der Waals surface area (Å²) in [7, 11) is 0. The van der Waals surface area contributed by atoms with Gasteiger partial charge in [0.15, 0.2) is 11.4 Å². The minimum Gasteiger partial charge on any atom is -0.354 e. The zero-order valence-electron chi connectivity index (χ0n) is 18.0. The van der Waals surface area contributed by atoms with Crippen molar-refractivity contribution in [1.29, 1.82) is 0 Å². The third kappa shape index (κ3) is 4.85. The van der Waals surface area contributed by atoms with Crippen molar-refractivity contribution in [3.05, 3.63) is 47.9 Å². The summed E-state index contributed by atoms with van der Waals surface area (Å²) in [6.07, 6.45) is 4.36. The molecular formula is C25H33N5O. The van der Waals surface area contributed by atoms with E-state index >= 15 is 0 Å². The number of H-pyrrole nitrogens is 2. The van der Waals surface area contributed by atoms with Crippen LogP contribution in [0.5, 0.6) is 0 Å². The lowest BCUT2D eigenvalue weighted by Gasteiger charge is -2.17. The van der Waals surface area contributed by atoms with Crippen LogP contribution in [0.25, 0.3) is 33.3 Å². The molecule has 0 atom stereocenters. The van der Waals surface area contributed by atoms with Gasteiger partial charge < -0.3 is 14.9 Å². The number of carbonyl (C=O) groups excluding carboxylic acids is 1. The third-order valence-corrected chi connectivity index (χ3v) is 5.77. The summed E-state index contributed by atoms with van der Waals surface area (Å²) in [6, 6.07) is 10.0. The number of imidazole rings is 1. The van der Waals surface area contributed by atoms with E-state index in [0.29, 0.717) is 12.1 Å². The number of fused-ring (bicyclic) bond motifs is 2. The Morgan fingerprint density at radius 2 is 1.87 bits per heavy atom. The topological polar surface area (TPSA) is 77.7 Å². The fourth-order valence-electron chi connectivity index (χ4n) is 4.00. The minimum atomic E-state index is 0. The van der Waals surface area contributed by atoms with Crippen LogP contribution in [-0.2, 0) is 0 Å². The van der Waals surface area contributed by atoms with E-state index in [1.807, 2.05) is 31.2 Å². The SMILES string of the molecule is C.CCN(CC)CCCCC(=O)c1ccc2cc(-c3ccnc4nc(C)[nH]c34)[nH]c2c1. The Morgan fingerprint density at radius 1 is 1.06 bits per heavy atom. The van der Waals surface area contributed by atoms with Crippen LogP contribution < -0.4 is 0 Å². The molecule has 0 radical (unpaired) electrons. The summed E-state index contributed by atoms with van der Waals surface area (Å²) < 4.78 is 0. The van der Waals surface area contributed by atoms with Crippen molar-refractivity contribution in [2.45, 2.75) is 47.5 Å². The minimum absolute atomic E-state index is 0. The molecule has 6 nitrogen and oxygen atoms in total. The average molecular weight is 420 g/mol. The number of carbonyl (C=O) groups is 1. The smallest absolute Gasteiger partial charge is 0.178 e. The van der Waals surface area contributed by atoms with Gasteiger partial charge in [0.2, 0.25) is 0 Å². The van der Waals surface area contributed by atoms with E-state index in [2.05, 4.69) is 44.7 Å². The number of nitrogens with one attached hydrogen (secondary N) is 2. The molecule has 3 heterocycles. The van der Waals surface area contributed by atoms with Gasteiger partial charge in [-0.05, 0) is 57.6 Å². The van der Waals surface area contributed by atoms with Crippen LogP contribution in [0, 0.1) is 6.92 Å². The Balaban J connectivity index is 0.00000272. The van der Waals surface area contributed by atoms with Crippen molar-refractivity contribution in [2.75, 3.05) is 19.6 Å². The highest BCUT2D eigenvalue weighted by atomic mass is 16.1. The number of hydrogen-bond acceptors (Lipinski definition) is 4. The van der Waals surface area contributed by atoms with E-state index in [1.165, 1.54) is 0 Å². The molecule has 31 heavy (non-hydrogen) atoms. The predicted octanol–water partition coefficient (Wildman–Crippen LogP) is 5.75. The Labute approximate surface area is 184 Å². The lowest BCUT2D eigenvalue weighted by Crippen LogP contribution is -2.24. The fourth-order valence-corrected chi connectivity index (χ4v) is 4.00. The second kappa shape index (κ2) is 9.88. The number of aromatic amines is 2. The first-order chi connectivity index (χ1) is 14.6. The zero-order chi connectivity index (χ0) is 21.1. The van der Waals surface area contributed by atoms with Gasteiger partial charge in [-0.15, -0.1) is 0 Å². The molecule has 0 aliphatic rings. The van der Waals surface area contributed by atoms with Gasteiger partial charge in [-0.1, -0.05) is 33.4 Å². The number of ketones is 1. The highest BCUT2D eigenvalue weighted by molar-refractivity contribution is 6.01. The molecule has 0 aliphatic heterocycles. The summed E-state index contributed by atoms with van der Waals surface area (Å²) in [4.78, 5) is 30.6. The van der Waals surface area contributed by atoms with Gasteiger partial charge in [-0.25, -0.2) is 9.97 Å². The van der Waals surface area contributed by atoms with Crippen LogP contribution in [0.2, 0.25) is 0 Å². The summed E-state index contributed by atoms with van der Waals surface area (Å²) in [5.74, 6) is 1.05. The number of pyridine rings is 1. The van der Waals surface area contributed by atoms with E-state index in [4.69, 9.17) is 0 Å². The second-order valence-corrected chi connectivity index (χ2v) is 7.77. The van der Waals surface area contributed by atoms with Crippen LogP contribution in [0.15, 0.2) is 36.5 Å². The van der Waals surface area contributed by atoms with E-state index in [9.17, 15) is 4.79 Å². The molecule has 0 saturated carbocycles. The first-order valence-corrected chi connectivity index (χ1v) is 10.8. The Morgan fingerprint density at radius 3 is 2.65 bits per heavy atom. The number of rotatable bonds is 9. The molecule has 0 bridgehead atoms. The van der Waals surface area contributed by atoms with E-state index in [0.717, 1.165) is 71.5 Å². The van der Waals surface area contributed by atoms with Gasteiger partial charge in [0.25, 0.3) is 0 Å². The molecule has 0 spiro atoms. The van der Waals surface area contributed by atoms with Crippen LogP contribution >= 0.6 is 0 Å². The highest BCUT2D eigenvalue weighted by Gasteiger charge is 2.13. The maximum atomic E-state index is 12.7. The fraction of sp³-hybridized carbons (Fsp3) is 0.400. The average Bonchev–Trinajstić information content (AvgIpc) is 3.35. The number of aromatic nitrogens is 4. The number of hydrogen-bond donors (Lipinski definition) is 2. The first kappa shape index (κ1) is 22.7. The van der Waals surface area contributed by atoms with Crippen LogP contribution in [-0.4, -0.2) is 50.3 Å². The molecule has 0 fully saturated rings. The van der Waals surface area contributed by atoms with Gasteiger partial charge in [0.1, 0.15) is 5.82 Å². The number of Topliss-reactive ketones (excluding diaryl/α,β-unsaturated/α-hetero) is 1. The molecule has 0 saturated heterocycles. The van der Waals surface area contributed by atoms with Crippen molar-refractivity contribution in [3.63, 3.8) is 0 Å². The quantitative estimate of drug-likeness (QED) is 0.268. The maximum Gasteiger partial charge on any atom is 0.178 e. The van der Waals surface area contributed by atoms with Crippen LogP contribution in [0.4, 0.5) is 0 Å². The molecule has 3 aromatic heterocycles. The standard InChI is InChI=1S/C24H29N5O.CH4/c1-4-29(5-2)13-7-6-8-22(30)18-10-9-17-14-21(28-20(17)15-18)19-11-12-25-24-23(19)26-16(3)27-24;/h9-12,14-15,28H,4-8,13H2,1-3H3,(H,25,26,27);1H4. The van der Waals surface area contributed by atoms with E-state index in [1.54, 1.807) is 6.20 Å². The number of aryl methyl sites for hydroxylation is 1. The molecule has 0 amide bonds. The van der Waals surface area contributed by atoms with Crippen molar-refractivity contribution in [3.8, 4) is 11.3 Å². The highest BCUT2D eigenvalue weighted by Crippen LogP contribution is 2.29. The normalized spacial score (nSPS) is 11.4. The third-order valence-electron chi connectivity index (χ3n) is 5.77. The monoisotopic (exact) mass is 419 g/mol. The number of unbranched alkanes of at least 4 members (excludes halogenated alkanes) is 1. The van der Waals surface area contributed by atoms with Gasteiger partial charge in [0.05, 0.1) is 5.52 Å². The zero-order valence-corrected chi connectivity index (χ0v) is 18.0. The number of nitrogens with zero attached hydrogens (tertiary/aromatic N) is 3. The predicted molar refractivity (Wildman–Crippen MR) is 129 cm³/mol. The molecule has 0 aliphatic carbocycles. The summed E-state index contributed by atoms with van der Waals surface area (Å²) >= 11 is 0. The van der Waals surface area contributed by atoms with Gasteiger partial charge in [-0.2, -0.15) is 0 Å². The van der Waals surface area contributed by atoms with Crippen molar-refractivity contribution in [1.82, 2.24) is 24.8 Å². The van der Waals surface area contributed by atoms with Crippen molar-refractivity contribution in [2.24, 2.45) is 0 Å². The van der Waals surface area contributed by atoms with Crippen LogP contribution in [0.1, 0.15) is 56.7 Å². The second-order valence-electron chi connectivity index (χ2n) is 7.77. The molecule has 1 aromatic carbocycles. The molecule has 164 valence electrons. The molecular weight excluding hydrogens is 386 g/mol. The maximum absolute atomic E-state index is 12.7. The van der Waals surface area contributed by atoms with E-state index < -0.39 is 0 Å². The Kier molecular flexibility index (Phi) is 7.23. The largest absolute Gasteiger partial charge is 0.354 e. The Hall–Kier alpha value is -2.99. The molecule has 6 heteroatoms. The molecule has 2 N–H and O–H groups in total. The van der Waals surface area contributed by atoms with E-state index in [-0.39, 0.29) is 13.2 Å². The van der Waals surface area contributed by atoms with Crippen LogP contribution in [0.3, 0.4) is 0 Å². The molecule has 0 unspecified atom stereocenters. The summed E-state index contributed by atoms with van der Waals surface area (Å²) in [5, 5.41) is 1.09. The number of benzene rings is 1. The summed E-state index contributed by atoms with van der Waals surface area (Å²) in [6.45, 7) is 9.48. The van der Waals surface area contributed by atoms with Crippen molar-refractivity contribution < 1.29 is 4.79 Å². The van der Waals surface area contributed by atoms with Gasteiger partial charge >= 0.3 is 0 Å². The van der Waals surface area contributed by atoms with Gasteiger partial charge in [0, 0.05) is 40.3 Å². The molecule has 4 rings (SSSR count). The molecule has 4 aromatic rings. The first-order valence-electron chi connectivity index (χ1n) is 10.8.